The van der Waals surface area contributed by atoms with Gasteiger partial charge in [-0.15, -0.1) is 0 Å². The lowest BCUT2D eigenvalue weighted by molar-refractivity contribution is 0.0950. The third kappa shape index (κ3) is 4.54. The Labute approximate surface area is 152 Å². The number of nitrogens with one attached hydrogen (secondary N) is 2. The van der Waals surface area contributed by atoms with Gasteiger partial charge in [-0.2, -0.15) is 0 Å². The number of nitrogens with zero attached hydrogens (tertiary/aromatic N) is 1. The lowest BCUT2D eigenvalue weighted by Gasteiger charge is -2.08. The number of pyridine rings is 1. The highest BCUT2D eigenvalue weighted by Gasteiger charge is 2.07. The predicted molar refractivity (Wildman–Crippen MR) is 101 cm³/mol. The molecule has 3 aromatic rings. The summed E-state index contributed by atoms with van der Waals surface area (Å²) in [6.45, 7) is 2.37. The lowest BCUT2D eigenvalue weighted by atomic mass is 10.1. The van der Waals surface area contributed by atoms with Gasteiger partial charge in [0.2, 0.25) is 0 Å². The van der Waals surface area contributed by atoms with Crippen LogP contribution in [-0.4, -0.2) is 16.8 Å². The van der Waals surface area contributed by atoms with Crippen molar-refractivity contribution in [2.75, 3.05) is 5.32 Å². The van der Waals surface area contributed by atoms with Crippen LogP contribution in [-0.2, 0) is 6.54 Å². The fourth-order valence-electron chi connectivity index (χ4n) is 2.48. The zero-order valence-electron chi connectivity index (χ0n) is 14.4. The molecular weight excluding hydrogens is 326 g/mol. The number of aryl methyl sites for hydroxylation is 1. The standard InChI is InChI=1S/C21H19N3O2/c1-15-4-2-5-17(12-15)20(25)23-13-16-7-9-19(10-8-16)24-21(26)18-6-3-11-22-14-18/h2-12,14H,13H2,1H3,(H,23,25)(H,24,26). The first-order valence-electron chi connectivity index (χ1n) is 8.27. The molecule has 3 rings (SSSR count). The summed E-state index contributed by atoms with van der Waals surface area (Å²) in [5, 5.41) is 5.71. The molecule has 1 heterocycles. The highest BCUT2D eigenvalue weighted by Crippen LogP contribution is 2.11. The molecule has 0 aliphatic carbocycles. The predicted octanol–water partition coefficient (Wildman–Crippen LogP) is 3.57. The molecule has 0 radical (unpaired) electrons. The van der Waals surface area contributed by atoms with E-state index in [-0.39, 0.29) is 11.8 Å². The minimum atomic E-state index is -0.210. The van der Waals surface area contributed by atoms with Gasteiger partial charge < -0.3 is 10.6 Å². The Morgan fingerprint density at radius 1 is 0.923 bits per heavy atom. The lowest BCUT2D eigenvalue weighted by Crippen LogP contribution is -2.22. The maximum atomic E-state index is 12.2. The van der Waals surface area contributed by atoms with Gasteiger partial charge >= 0.3 is 0 Å². The van der Waals surface area contributed by atoms with Crippen molar-refractivity contribution in [1.29, 1.82) is 0 Å². The molecule has 5 nitrogen and oxygen atoms in total. The molecule has 0 unspecified atom stereocenters. The molecule has 1 aromatic heterocycles. The fraction of sp³-hybridized carbons (Fsp3) is 0.0952. The van der Waals surface area contributed by atoms with Crippen LogP contribution in [0.15, 0.2) is 73.1 Å². The summed E-state index contributed by atoms with van der Waals surface area (Å²) in [6.07, 6.45) is 3.14. The van der Waals surface area contributed by atoms with Crippen molar-refractivity contribution in [3.05, 3.63) is 95.3 Å². The van der Waals surface area contributed by atoms with Crippen LogP contribution in [0.2, 0.25) is 0 Å². The highest BCUT2D eigenvalue weighted by molar-refractivity contribution is 6.04. The Bertz CT molecular complexity index is 906. The monoisotopic (exact) mass is 345 g/mol. The zero-order valence-corrected chi connectivity index (χ0v) is 14.4. The molecule has 2 aromatic carbocycles. The van der Waals surface area contributed by atoms with Gasteiger partial charge in [0, 0.05) is 30.2 Å². The molecule has 0 spiro atoms. The highest BCUT2D eigenvalue weighted by atomic mass is 16.2. The second-order valence-electron chi connectivity index (χ2n) is 5.94. The van der Waals surface area contributed by atoms with Gasteiger partial charge in [0.1, 0.15) is 0 Å². The first-order valence-corrected chi connectivity index (χ1v) is 8.27. The topological polar surface area (TPSA) is 71.1 Å². The van der Waals surface area contributed by atoms with Gasteiger partial charge in [-0.25, -0.2) is 0 Å². The van der Waals surface area contributed by atoms with E-state index in [1.165, 1.54) is 6.20 Å². The van der Waals surface area contributed by atoms with E-state index in [0.717, 1.165) is 11.1 Å². The van der Waals surface area contributed by atoms with E-state index in [9.17, 15) is 9.59 Å². The summed E-state index contributed by atoms with van der Waals surface area (Å²) < 4.78 is 0. The van der Waals surface area contributed by atoms with Crippen LogP contribution >= 0.6 is 0 Å². The molecule has 26 heavy (non-hydrogen) atoms. The average molecular weight is 345 g/mol. The van der Waals surface area contributed by atoms with E-state index in [4.69, 9.17) is 0 Å². The zero-order chi connectivity index (χ0) is 18.4. The van der Waals surface area contributed by atoms with Crippen molar-refractivity contribution in [1.82, 2.24) is 10.3 Å². The molecule has 0 aliphatic rings. The van der Waals surface area contributed by atoms with Crippen molar-refractivity contribution in [3.8, 4) is 0 Å². The van der Waals surface area contributed by atoms with Gasteiger partial charge in [0.15, 0.2) is 0 Å². The van der Waals surface area contributed by atoms with Crippen LogP contribution in [0, 0.1) is 6.92 Å². The summed E-state index contributed by atoms with van der Waals surface area (Å²) in [7, 11) is 0. The number of rotatable bonds is 5. The number of carbonyl (C=O) groups is 2. The number of hydrogen-bond donors (Lipinski definition) is 2. The molecule has 0 aliphatic heterocycles. The third-order valence-electron chi connectivity index (χ3n) is 3.87. The summed E-state index contributed by atoms with van der Waals surface area (Å²) in [6, 6.07) is 18.2. The van der Waals surface area contributed by atoms with Crippen LogP contribution in [0.1, 0.15) is 31.8 Å². The molecule has 130 valence electrons. The van der Waals surface area contributed by atoms with E-state index < -0.39 is 0 Å². The van der Waals surface area contributed by atoms with Crippen LogP contribution in [0.3, 0.4) is 0 Å². The molecule has 5 heteroatoms. The summed E-state index contributed by atoms with van der Waals surface area (Å²) in [4.78, 5) is 28.2. The minimum absolute atomic E-state index is 0.109. The summed E-state index contributed by atoms with van der Waals surface area (Å²) >= 11 is 0. The number of aromatic nitrogens is 1. The quantitative estimate of drug-likeness (QED) is 0.742. The van der Waals surface area contributed by atoms with Gasteiger partial charge in [-0.3, -0.25) is 14.6 Å². The Morgan fingerprint density at radius 3 is 2.38 bits per heavy atom. The van der Waals surface area contributed by atoms with E-state index in [2.05, 4.69) is 15.6 Å². The number of hydrogen-bond acceptors (Lipinski definition) is 3. The van der Waals surface area contributed by atoms with Gasteiger partial charge in [0.05, 0.1) is 5.56 Å². The van der Waals surface area contributed by atoms with Crippen molar-refractivity contribution in [2.45, 2.75) is 13.5 Å². The molecule has 2 N–H and O–H groups in total. The van der Waals surface area contributed by atoms with Crippen LogP contribution in [0.5, 0.6) is 0 Å². The molecule has 0 saturated carbocycles. The maximum absolute atomic E-state index is 12.2. The Kier molecular flexibility index (Phi) is 5.39. The van der Waals surface area contributed by atoms with E-state index >= 15 is 0 Å². The molecule has 0 bridgehead atoms. The molecule has 0 atom stereocenters. The second-order valence-corrected chi connectivity index (χ2v) is 5.94. The minimum Gasteiger partial charge on any atom is -0.348 e. The fourth-order valence-corrected chi connectivity index (χ4v) is 2.48. The van der Waals surface area contributed by atoms with Gasteiger partial charge in [-0.1, -0.05) is 29.8 Å². The van der Waals surface area contributed by atoms with E-state index in [0.29, 0.717) is 23.4 Å². The normalized spacial score (nSPS) is 10.2. The summed E-state index contributed by atoms with van der Waals surface area (Å²) in [5.74, 6) is -0.318. The molecule has 0 fully saturated rings. The van der Waals surface area contributed by atoms with Crippen LogP contribution < -0.4 is 10.6 Å². The van der Waals surface area contributed by atoms with Crippen LogP contribution in [0.4, 0.5) is 5.69 Å². The first kappa shape index (κ1) is 17.4. The largest absolute Gasteiger partial charge is 0.348 e. The SMILES string of the molecule is Cc1cccc(C(=O)NCc2ccc(NC(=O)c3cccnc3)cc2)c1. The second kappa shape index (κ2) is 8.07. The Balaban J connectivity index is 1.56. The van der Waals surface area contributed by atoms with E-state index in [1.807, 2.05) is 49.4 Å². The van der Waals surface area contributed by atoms with E-state index in [1.54, 1.807) is 24.4 Å². The first-order chi connectivity index (χ1) is 12.6. The van der Waals surface area contributed by atoms with Crippen molar-refractivity contribution < 1.29 is 9.59 Å². The number of amides is 2. The summed E-state index contributed by atoms with van der Waals surface area (Å²) in [5.41, 5.74) is 3.83. The average Bonchev–Trinajstić information content (AvgIpc) is 2.68. The third-order valence-corrected chi connectivity index (χ3v) is 3.87. The smallest absolute Gasteiger partial charge is 0.257 e. The van der Waals surface area contributed by atoms with Gasteiger partial charge in [0.25, 0.3) is 11.8 Å². The number of anilines is 1. The van der Waals surface area contributed by atoms with Gasteiger partial charge in [-0.05, 0) is 48.9 Å². The number of benzene rings is 2. The maximum Gasteiger partial charge on any atom is 0.257 e. The molecule has 0 saturated heterocycles. The molecular formula is C21H19N3O2. The Hall–Kier alpha value is -3.47. The van der Waals surface area contributed by atoms with Crippen molar-refractivity contribution >= 4 is 17.5 Å². The molecule has 2 amide bonds. The Morgan fingerprint density at radius 2 is 1.69 bits per heavy atom. The van der Waals surface area contributed by atoms with Crippen molar-refractivity contribution in [3.63, 3.8) is 0 Å². The van der Waals surface area contributed by atoms with Crippen LogP contribution in [0.25, 0.3) is 0 Å². The number of carbonyl (C=O) groups excluding carboxylic acids is 2. The van der Waals surface area contributed by atoms with Crippen molar-refractivity contribution in [2.24, 2.45) is 0 Å².